The Balaban J connectivity index is 2.56. The second-order valence-corrected chi connectivity index (χ2v) is 5.05. The summed E-state index contributed by atoms with van der Waals surface area (Å²) in [5, 5.41) is 2.89. The Morgan fingerprint density at radius 2 is 2.00 bits per heavy atom. The topological polar surface area (TPSA) is 75.2 Å². The molecule has 0 fully saturated rings. The van der Waals surface area contributed by atoms with Gasteiger partial charge in [0.05, 0.1) is 11.9 Å². The van der Waals surface area contributed by atoms with Crippen molar-refractivity contribution in [3.8, 4) is 0 Å². The number of hydrogen-bond acceptors (Lipinski definition) is 4. The maximum absolute atomic E-state index is 12.3. The number of hydrogen-bond donors (Lipinski definition) is 1. The van der Waals surface area contributed by atoms with Gasteiger partial charge in [0.2, 0.25) is 5.91 Å². The first kappa shape index (κ1) is 17.1. The van der Waals surface area contributed by atoms with Crippen LogP contribution in [-0.2, 0) is 4.79 Å². The van der Waals surface area contributed by atoms with Crippen LogP contribution in [0.1, 0.15) is 49.8 Å². The smallest absolute Gasteiger partial charge is 0.274 e. The molecule has 0 radical (unpaired) electrons. The van der Waals surface area contributed by atoms with Crippen LogP contribution in [0.2, 0.25) is 0 Å². The van der Waals surface area contributed by atoms with Crippen molar-refractivity contribution in [3.05, 3.63) is 23.8 Å². The van der Waals surface area contributed by atoms with Crippen molar-refractivity contribution in [3.63, 3.8) is 0 Å². The molecule has 1 atom stereocenters. The van der Waals surface area contributed by atoms with Crippen molar-refractivity contribution in [2.45, 2.75) is 46.6 Å². The lowest BCUT2D eigenvalue weighted by atomic mass is 10.2. The molecular formula is C15H24N4O2. The summed E-state index contributed by atoms with van der Waals surface area (Å²) in [7, 11) is 0. The monoisotopic (exact) mass is 292 g/mol. The van der Waals surface area contributed by atoms with E-state index in [1.807, 2.05) is 27.7 Å². The molecule has 1 rings (SSSR count). The molecule has 116 valence electrons. The highest BCUT2D eigenvalue weighted by molar-refractivity contribution is 5.92. The van der Waals surface area contributed by atoms with Crippen molar-refractivity contribution in [1.29, 1.82) is 0 Å². The van der Waals surface area contributed by atoms with Crippen molar-refractivity contribution >= 4 is 11.8 Å². The standard InChI is InChI=1S/C15H24N4O2/c1-5-11(3)18-14(20)7-8-19(6-2)15(21)13-10-16-12(4)9-17-13/h9-11H,5-8H2,1-4H3,(H,18,20)/t11-/m0/s1. The summed E-state index contributed by atoms with van der Waals surface area (Å²) >= 11 is 0. The minimum Gasteiger partial charge on any atom is -0.354 e. The van der Waals surface area contributed by atoms with Gasteiger partial charge in [-0.1, -0.05) is 6.92 Å². The van der Waals surface area contributed by atoms with Gasteiger partial charge in [-0.25, -0.2) is 4.98 Å². The first-order valence-electron chi connectivity index (χ1n) is 7.35. The highest BCUT2D eigenvalue weighted by Crippen LogP contribution is 2.03. The van der Waals surface area contributed by atoms with E-state index < -0.39 is 0 Å². The Kier molecular flexibility index (Phi) is 6.78. The van der Waals surface area contributed by atoms with E-state index in [2.05, 4.69) is 15.3 Å². The molecule has 6 nitrogen and oxygen atoms in total. The Bertz CT molecular complexity index is 473. The Morgan fingerprint density at radius 3 is 2.52 bits per heavy atom. The zero-order chi connectivity index (χ0) is 15.8. The van der Waals surface area contributed by atoms with E-state index in [1.54, 1.807) is 11.1 Å². The predicted molar refractivity (Wildman–Crippen MR) is 80.9 cm³/mol. The molecule has 1 aromatic rings. The average Bonchev–Trinajstić information content (AvgIpc) is 2.48. The van der Waals surface area contributed by atoms with Gasteiger partial charge in [-0.2, -0.15) is 0 Å². The Morgan fingerprint density at radius 1 is 1.29 bits per heavy atom. The Hall–Kier alpha value is -1.98. The molecule has 0 unspecified atom stereocenters. The molecule has 1 aromatic heterocycles. The second-order valence-electron chi connectivity index (χ2n) is 5.05. The summed E-state index contributed by atoms with van der Waals surface area (Å²) in [5.74, 6) is -0.230. The van der Waals surface area contributed by atoms with Crippen molar-refractivity contribution in [1.82, 2.24) is 20.2 Å². The fourth-order valence-corrected chi connectivity index (χ4v) is 1.75. The molecule has 1 N–H and O–H groups in total. The highest BCUT2D eigenvalue weighted by atomic mass is 16.2. The minimum absolute atomic E-state index is 0.0365. The number of carbonyl (C=O) groups is 2. The van der Waals surface area contributed by atoms with Gasteiger partial charge >= 0.3 is 0 Å². The molecule has 0 saturated carbocycles. The van der Waals surface area contributed by atoms with Gasteiger partial charge < -0.3 is 10.2 Å². The van der Waals surface area contributed by atoms with Gasteiger partial charge in [-0.3, -0.25) is 14.6 Å². The zero-order valence-corrected chi connectivity index (χ0v) is 13.2. The normalized spacial score (nSPS) is 11.8. The number of nitrogens with zero attached hydrogens (tertiary/aromatic N) is 3. The van der Waals surface area contributed by atoms with E-state index in [-0.39, 0.29) is 17.9 Å². The van der Waals surface area contributed by atoms with Crippen LogP contribution in [0.25, 0.3) is 0 Å². The molecule has 0 aromatic carbocycles. The van der Waals surface area contributed by atoms with Crippen LogP contribution in [-0.4, -0.2) is 45.8 Å². The molecule has 0 aliphatic rings. The quantitative estimate of drug-likeness (QED) is 0.827. The fourth-order valence-electron chi connectivity index (χ4n) is 1.75. The summed E-state index contributed by atoms with van der Waals surface area (Å²) in [6.07, 6.45) is 4.22. The average molecular weight is 292 g/mol. The summed E-state index contributed by atoms with van der Waals surface area (Å²) in [6, 6.07) is 0.159. The van der Waals surface area contributed by atoms with Gasteiger partial charge in [-0.05, 0) is 27.2 Å². The predicted octanol–water partition coefficient (Wildman–Crippen LogP) is 1.55. The molecule has 0 saturated heterocycles. The van der Waals surface area contributed by atoms with E-state index in [0.717, 1.165) is 12.1 Å². The van der Waals surface area contributed by atoms with E-state index in [9.17, 15) is 9.59 Å². The molecule has 0 aliphatic heterocycles. The lowest BCUT2D eigenvalue weighted by molar-refractivity contribution is -0.121. The summed E-state index contributed by atoms with van der Waals surface area (Å²) in [6.45, 7) is 8.59. The Labute approximate surface area is 126 Å². The minimum atomic E-state index is -0.193. The first-order valence-corrected chi connectivity index (χ1v) is 7.35. The highest BCUT2D eigenvalue weighted by Gasteiger charge is 2.17. The molecule has 6 heteroatoms. The van der Waals surface area contributed by atoms with Crippen molar-refractivity contribution in [2.24, 2.45) is 0 Å². The third kappa shape index (κ3) is 5.49. The van der Waals surface area contributed by atoms with E-state index in [4.69, 9.17) is 0 Å². The van der Waals surface area contributed by atoms with E-state index in [1.165, 1.54) is 6.20 Å². The van der Waals surface area contributed by atoms with Crippen LogP contribution in [0.5, 0.6) is 0 Å². The molecule has 1 heterocycles. The van der Waals surface area contributed by atoms with Crippen LogP contribution in [0.3, 0.4) is 0 Å². The number of amides is 2. The van der Waals surface area contributed by atoms with Gasteiger partial charge in [-0.15, -0.1) is 0 Å². The van der Waals surface area contributed by atoms with Crippen molar-refractivity contribution in [2.75, 3.05) is 13.1 Å². The number of aromatic nitrogens is 2. The van der Waals surface area contributed by atoms with Gasteiger partial charge in [0, 0.05) is 31.7 Å². The lowest BCUT2D eigenvalue weighted by Gasteiger charge is -2.20. The summed E-state index contributed by atoms with van der Waals surface area (Å²) in [5.41, 5.74) is 1.08. The second kappa shape index (κ2) is 8.34. The molecule has 2 amide bonds. The molecule has 0 spiro atoms. The summed E-state index contributed by atoms with van der Waals surface area (Å²) < 4.78 is 0. The maximum Gasteiger partial charge on any atom is 0.274 e. The van der Waals surface area contributed by atoms with Crippen LogP contribution < -0.4 is 5.32 Å². The van der Waals surface area contributed by atoms with E-state index in [0.29, 0.717) is 25.2 Å². The van der Waals surface area contributed by atoms with E-state index >= 15 is 0 Å². The largest absolute Gasteiger partial charge is 0.354 e. The SMILES string of the molecule is CC[C@H](C)NC(=O)CCN(CC)C(=O)c1cnc(C)cn1. The van der Waals surface area contributed by atoms with Gasteiger partial charge in [0.15, 0.2) is 0 Å². The number of carbonyl (C=O) groups excluding carboxylic acids is 2. The molecule has 21 heavy (non-hydrogen) atoms. The first-order chi connectivity index (χ1) is 9.97. The third-order valence-corrected chi connectivity index (χ3v) is 3.30. The third-order valence-electron chi connectivity index (χ3n) is 3.30. The van der Waals surface area contributed by atoms with Crippen LogP contribution in [0, 0.1) is 6.92 Å². The molecule has 0 aliphatic carbocycles. The zero-order valence-electron chi connectivity index (χ0n) is 13.2. The van der Waals surface area contributed by atoms with Crippen LogP contribution in [0.4, 0.5) is 0 Å². The molecular weight excluding hydrogens is 268 g/mol. The number of nitrogens with one attached hydrogen (secondary N) is 1. The number of aryl methyl sites for hydroxylation is 1. The maximum atomic E-state index is 12.3. The number of rotatable bonds is 7. The van der Waals surface area contributed by atoms with Gasteiger partial charge in [0.25, 0.3) is 5.91 Å². The lowest BCUT2D eigenvalue weighted by Crippen LogP contribution is -2.37. The van der Waals surface area contributed by atoms with Crippen LogP contribution >= 0.6 is 0 Å². The van der Waals surface area contributed by atoms with Gasteiger partial charge in [0.1, 0.15) is 5.69 Å². The van der Waals surface area contributed by atoms with Crippen LogP contribution in [0.15, 0.2) is 12.4 Å². The summed E-state index contributed by atoms with van der Waals surface area (Å²) in [4.78, 5) is 33.8. The van der Waals surface area contributed by atoms with Crippen molar-refractivity contribution < 1.29 is 9.59 Å². The fraction of sp³-hybridized carbons (Fsp3) is 0.600. The molecule has 0 bridgehead atoms.